The molecule has 2 saturated heterocycles. The quantitative estimate of drug-likeness (QED) is 0.711. The van der Waals surface area contributed by atoms with E-state index in [1.165, 1.54) is 6.20 Å². The van der Waals surface area contributed by atoms with Crippen LogP contribution in [0.2, 0.25) is 0 Å². The molecule has 10 heteroatoms. The first-order valence-electron chi connectivity index (χ1n) is 9.59. The summed E-state index contributed by atoms with van der Waals surface area (Å²) in [6.45, 7) is 5.94. The maximum Gasteiger partial charge on any atom is 0.409 e. The average Bonchev–Trinajstić information content (AvgIpc) is 2.74. The number of nitrogens with zero attached hydrogens (tertiary/aromatic N) is 5. The number of hydrogen-bond donors (Lipinski definition) is 1. The minimum Gasteiger partial charge on any atom is -0.450 e. The predicted molar refractivity (Wildman–Crippen MR) is 101 cm³/mol. The van der Waals surface area contributed by atoms with E-state index in [2.05, 4.69) is 15.3 Å². The van der Waals surface area contributed by atoms with Crippen LogP contribution in [0.1, 0.15) is 30.3 Å². The number of carbonyl (C=O) groups excluding carboxylic acids is 3. The Morgan fingerprint density at radius 2 is 1.86 bits per heavy atom. The van der Waals surface area contributed by atoms with Crippen molar-refractivity contribution in [2.75, 3.05) is 50.8 Å². The number of rotatable bonds is 5. The van der Waals surface area contributed by atoms with Gasteiger partial charge < -0.3 is 24.8 Å². The zero-order valence-electron chi connectivity index (χ0n) is 16.0. The van der Waals surface area contributed by atoms with Gasteiger partial charge in [0.2, 0.25) is 6.41 Å². The molecule has 28 heavy (non-hydrogen) atoms. The van der Waals surface area contributed by atoms with Gasteiger partial charge in [-0.05, 0) is 19.8 Å². The van der Waals surface area contributed by atoms with E-state index in [1.54, 1.807) is 22.9 Å². The molecule has 0 unspecified atom stereocenters. The molecular formula is C18H26N6O4. The Kier molecular flexibility index (Phi) is 6.62. The number of piperazine rings is 1. The SMILES string of the molecule is CCOC(=O)N1CCC(NC(=O)c2cnc(N3CCN(C=O)CC3)cn2)CC1. The molecule has 0 aliphatic carbocycles. The molecule has 3 heterocycles. The van der Waals surface area contributed by atoms with Gasteiger partial charge in [-0.25, -0.2) is 14.8 Å². The first-order chi connectivity index (χ1) is 13.6. The molecular weight excluding hydrogens is 364 g/mol. The lowest BCUT2D eigenvalue weighted by Gasteiger charge is -2.33. The first kappa shape index (κ1) is 19.8. The maximum absolute atomic E-state index is 12.4. The number of amides is 3. The molecule has 0 spiro atoms. The van der Waals surface area contributed by atoms with E-state index in [9.17, 15) is 14.4 Å². The lowest BCUT2D eigenvalue weighted by atomic mass is 10.1. The van der Waals surface area contributed by atoms with Crippen LogP contribution in [0.4, 0.5) is 10.6 Å². The largest absolute Gasteiger partial charge is 0.450 e. The monoisotopic (exact) mass is 390 g/mol. The molecule has 2 fully saturated rings. The van der Waals surface area contributed by atoms with E-state index in [0.717, 1.165) is 6.41 Å². The summed E-state index contributed by atoms with van der Waals surface area (Å²) in [7, 11) is 0. The Morgan fingerprint density at radius 1 is 1.14 bits per heavy atom. The maximum atomic E-state index is 12.4. The molecule has 10 nitrogen and oxygen atoms in total. The van der Waals surface area contributed by atoms with Crippen LogP contribution in [0, 0.1) is 0 Å². The Labute approximate surface area is 163 Å². The topological polar surface area (TPSA) is 108 Å². The van der Waals surface area contributed by atoms with Gasteiger partial charge in [-0.1, -0.05) is 0 Å². The number of likely N-dealkylation sites (tertiary alicyclic amines) is 1. The summed E-state index contributed by atoms with van der Waals surface area (Å²) in [5, 5.41) is 2.96. The Morgan fingerprint density at radius 3 is 2.43 bits per heavy atom. The lowest BCUT2D eigenvalue weighted by molar-refractivity contribution is -0.118. The molecule has 3 amide bonds. The van der Waals surface area contributed by atoms with Crippen LogP contribution in [-0.4, -0.2) is 90.1 Å². The summed E-state index contributed by atoms with van der Waals surface area (Å²) in [4.78, 5) is 48.9. The number of nitrogens with one attached hydrogen (secondary N) is 1. The minimum absolute atomic E-state index is 0.00364. The summed E-state index contributed by atoms with van der Waals surface area (Å²) in [6.07, 6.45) is 4.98. The predicted octanol–water partition coefficient (Wildman–Crippen LogP) is 0.106. The van der Waals surface area contributed by atoms with Crippen LogP contribution in [0.3, 0.4) is 0 Å². The van der Waals surface area contributed by atoms with Crippen molar-refractivity contribution in [2.24, 2.45) is 0 Å². The van der Waals surface area contributed by atoms with E-state index < -0.39 is 0 Å². The third-order valence-corrected chi connectivity index (χ3v) is 5.01. The van der Waals surface area contributed by atoms with E-state index in [4.69, 9.17) is 4.74 Å². The molecule has 1 aromatic heterocycles. The molecule has 2 aliphatic rings. The third kappa shape index (κ3) is 4.87. The normalized spacial score (nSPS) is 18.0. The van der Waals surface area contributed by atoms with Crippen molar-refractivity contribution >= 4 is 24.2 Å². The second-order valence-electron chi connectivity index (χ2n) is 6.82. The van der Waals surface area contributed by atoms with Gasteiger partial charge >= 0.3 is 6.09 Å². The van der Waals surface area contributed by atoms with Gasteiger partial charge in [0, 0.05) is 45.3 Å². The Hall–Kier alpha value is -2.91. The van der Waals surface area contributed by atoms with Gasteiger partial charge in [0.05, 0.1) is 19.0 Å². The Balaban J connectivity index is 1.48. The summed E-state index contributed by atoms with van der Waals surface area (Å²) in [5.41, 5.74) is 0.267. The first-order valence-corrected chi connectivity index (χ1v) is 9.59. The molecule has 152 valence electrons. The van der Waals surface area contributed by atoms with Gasteiger partial charge in [-0.2, -0.15) is 0 Å². The second-order valence-corrected chi connectivity index (χ2v) is 6.82. The van der Waals surface area contributed by atoms with Crippen LogP contribution in [0.15, 0.2) is 12.4 Å². The van der Waals surface area contributed by atoms with Crippen molar-refractivity contribution in [1.82, 2.24) is 25.1 Å². The fourth-order valence-electron chi connectivity index (χ4n) is 3.34. The number of ether oxygens (including phenoxy) is 1. The van der Waals surface area contributed by atoms with Crippen molar-refractivity contribution in [2.45, 2.75) is 25.8 Å². The molecule has 0 bridgehead atoms. The standard InChI is InChI=1S/C18H26N6O4/c1-2-28-18(27)24-5-3-14(4-6-24)21-17(26)15-11-20-16(12-19-15)23-9-7-22(13-25)8-10-23/h11-14H,2-10H2,1H3,(H,21,26). The lowest BCUT2D eigenvalue weighted by Crippen LogP contribution is -2.47. The number of aromatic nitrogens is 2. The van der Waals surface area contributed by atoms with E-state index in [0.29, 0.717) is 64.5 Å². The van der Waals surface area contributed by atoms with E-state index >= 15 is 0 Å². The zero-order chi connectivity index (χ0) is 19.9. The van der Waals surface area contributed by atoms with Crippen LogP contribution >= 0.6 is 0 Å². The van der Waals surface area contributed by atoms with Crippen LogP contribution in [-0.2, 0) is 9.53 Å². The van der Waals surface area contributed by atoms with Crippen molar-refractivity contribution in [3.63, 3.8) is 0 Å². The molecule has 1 N–H and O–H groups in total. The smallest absolute Gasteiger partial charge is 0.409 e. The van der Waals surface area contributed by atoms with Crippen LogP contribution in [0.25, 0.3) is 0 Å². The van der Waals surface area contributed by atoms with E-state index in [1.807, 2.05) is 4.90 Å². The highest BCUT2D eigenvalue weighted by Gasteiger charge is 2.25. The minimum atomic E-state index is -0.303. The number of anilines is 1. The molecule has 0 radical (unpaired) electrons. The summed E-state index contributed by atoms with van der Waals surface area (Å²) >= 11 is 0. The van der Waals surface area contributed by atoms with Gasteiger partial charge in [0.25, 0.3) is 5.91 Å². The highest BCUT2D eigenvalue weighted by Crippen LogP contribution is 2.14. The fraction of sp³-hybridized carbons (Fsp3) is 0.611. The van der Waals surface area contributed by atoms with Gasteiger partial charge in [-0.3, -0.25) is 9.59 Å². The number of carbonyl (C=O) groups is 3. The number of hydrogen-bond acceptors (Lipinski definition) is 7. The third-order valence-electron chi connectivity index (χ3n) is 5.01. The Bertz CT molecular complexity index is 682. The fourth-order valence-corrected chi connectivity index (χ4v) is 3.34. The van der Waals surface area contributed by atoms with Crippen molar-refractivity contribution in [1.29, 1.82) is 0 Å². The molecule has 0 atom stereocenters. The van der Waals surface area contributed by atoms with Crippen molar-refractivity contribution in [3.8, 4) is 0 Å². The highest BCUT2D eigenvalue weighted by molar-refractivity contribution is 5.92. The number of piperidine rings is 1. The van der Waals surface area contributed by atoms with Crippen molar-refractivity contribution in [3.05, 3.63) is 18.1 Å². The summed E-state index contributed by atoms with van der Waals surface area (Å²) in [6, 6.07) is -0.00364. The summed E-state index contributed by atoms with van der Waals surface area (Å²) in [5.74, 6) is 0.434. The van der Waals surface area contributed by atoms with Crippen molar-refractivity contribution < 1.29 is 19.1 Å². The van der Waals surface area contributed by atoms with Gasteiger partial charge in [0.15, 0.2) is 0 Å². The van der Waals surface area contributed by atoms with Crippen LogP contribution in [0.5, 0.6) is 0 Å². The zero-order valence-corrected chi connectivity index (χ0v) is 16.0. The van der Waals surface area contributed by atoms with Crippen LogP contribution < -0.4 is 10.2 Å². The van der Waals surface area contributed by atoms with Gasteiger partial charge in [0.1, 0.15) is 11.5 Å². The van der Waals surface area contributed by atoms with E-state index in [-0.39, 0.29) is 23.7 Å². The molecule has 0 saturated carbocycles. The second kappa shape index (κ2) is 9.34. The molecule has 2 aliphatic heterocycles. The molecule has 0 aromatic carbocycles. The highest BCUT2D eigenvalue weighted by atomic mass is 16.6. The molecule has 3 rings (SSSR count). The van der Waals surface area contributed by atoms with Gasteiger partial charge in [-0.15, -0.1) is 0 Å². The summed E-state index contributed by atoms with van der Waals surface area (Å²) < 4.78 is 5.00. The molecule has 1 aromatic rings. The average molecular weight is 390 g/mol.